The maximum Gasteiger partial charge on any atom is 0.140 e. The van der Waals surface area contributed by atoms with Crippen LogP contribution in [0.1, 0.15) is 29.2 Å². The van der Waals surface area contributed by atoms with Gasteiger partial charge in [0.2, 0.25) is 0 Å². The summed E-state index contributed by atoms with van der Waals surface area (Å²) in [6, 6.07) is 6.08. The van der Waals surface area contributed by atoms with Crippen LogP contribution in [-0.4, -0.2) is 22.2 Å². The zero-order valence-electron chi connectivity index (χ0n) is 12.3. The lowest BCUT2D eigenvalue weighted by Gasteiger charge is -2.24. The van der Waals surface area contributed by atoms with Crippen molar-refractivity contribution in [2.45, 2.75) is 18.9 Å². The summed E-state index contributed by atoms with van der Waals surface area (Å²) in [6.07, 6.45) is 7.43. The van der Waals surface area contributed by atoms with Crippen molar-refractivity contribution in [1.29, 1.82) is 0 Å². The van der Waals surface area contributed by atoms with Crippen molar-refractivity contribution in [2.24, 2.45) is 5.10 Å². The number of hydrogen-bond acceptors (Lipinski definition) is 4. The summed E-state index contributed by atoms with van der Waals surface area (Å²) in [5.74, 6) is 1.27. The van der Waals surface area contributed by atoms with Crippen LogP contribution < -0.4 is 10.3 Å². The molecular formula is C17H15BrN4O. The van der Waals surface area contributed by atoms with Crippen LogP contribution in [0.2, 0.25) is 0 Å². The number of aromatic nitrogens is 1. The van der Waals surface area contributed by atoms with Gasteiger partial charge in [0, 0.05) is 27.5 Å². The standard InChI is InChI=1S/C17H15BrN4O/c18-13-7-21-15-10(8-23)3-1-6-14(15)22-9-19-20-17(22)12-5-2-4-11(13)16(12)21/h1-4,6-7,12,19,23H,5,8-9H2. The van der Waals surface area contributed by atoms with Crippen LogP contribution in [0.4, 0.5) is 5.69 Å². The number of benzene rings is 1. The van der Waals surface area contributed by atoms with E-state index in [2.05, 4.69) is 60.3 Å². The summed E-state index contributed by atoms with van der Waals surface area (Å²) < 4.78 is 3.31. The maximum absolute atomic E-state index is 9.86. The summed E-state index contributed by atoms with van der Waals surface area (Å²) in [5, 5.41) is 14.4. The highest BCUT2D eigenvalue weighted by atomic mass is 79.9. The number of amidine groups is 1. The number of hydrogen-bond donors (Lipinski definition) is 2. The van der Waals surface area contributed by atoms with Crippen LogP contribution in [0.15, 0.2) is 40.0 Å². The highest BCUT2D eigenvalue weighted by Gasteiger charge is 2.38. The van der Waals surface area contributed by atoms with E-state index in [-0.39, 0.29) is 12.5 Å². The minimum absolute atomic E-state index is 0.0159. The van der Waals surface area contributed by atoms with Crippen molar-refractivity contribution in [3.63, 3.8) is 0 Å². The van der Waals surface area contributed by atoms with Crippen LogP contribution in [0.5, 0.6) is 0 Å². The van der Waals surface area contributed by atoms with Gasteiger partial charge in [0.05, 0.1) is 23.9 Å². The third-order valence-corrected chi connectivity index (χ3v) is 5.46. The Balaban J connectivity index is 1.92. The van der Waals surface area contributed by atoms with E-state index < -0.39 is 0 Å². The number of allylic oxidation sites excluding steroid dienone is 1. The lowest BCUT2D eigenvalue weighted by Crippen LogP contribution is -2.32. The first-order valence-electron chi connectivity index (χ1n) is 7.68. The SMILES string of the molecule is OCc1cccc2c1-n1cc(Br)c3c1C(CC=C3)C1=NNCN12. The number of rotatable bonds is 1. The highest BCUT2D eigenvalue weighted by Crippen LogP contribution is 2.45. The molecule has 0 saturated carbocycles. The quantitative estimate of drug-likeness (QED) is 0.811. The van der Waals surface area contributed by atoms with Crippen molar-refractivity contribution >= 4 is 33.5 Å². The van der Waals surface area contributed by atoms with Crippen LogP contribution in [0, 0.1) is 0 Å². The zero-order valence-corrected chi connectivity index (χ0v) is 13.9. The average molecular weight is 371 g/mol. The van der Waals surface area contributed by atoms with E-state index in [0.29, 0.717) is 6.67 Å². The lowest BCUT2D eigenvalue weighted by molar-refractivity contribution is 0.281. The van der Waals surface area contributed by atoms with Gasteiger partial charge < -0.3 is 14.6 Å². The number of anilines is 1. The van der Waals surface area contributed by atoms with Crippen molar-refractivity contribution in [2.75, 3.05) is 11.6 Å². The third kappa shape index (κ3) is 1.67. The van der Waals surface area contributed by atoms with E-state index in [9.17, 15) is 5.11 Å². The second-order valence-corrected chi connectivity index (χ2v) is 6.85. The first-order valence-corrected chi connectivity index (χ1v) is 8.47. The van der Waals surface area contributed by atoms with Gasteiger partial charge in [0.15, 0.2) is 0 Å². The summed E-state index contributed by atoms with van der Waals surface area (Å²) in [6.45, 7) is 0.681. The van der Waals surface area contributed by atoms with Crippen molar-refractivity contribution in [3.05, 3.63) is 51.8 Å². The molecule has 0 bridgehead atoms. The molecule has 0 saturated heterocycles. The molecule has 1 unspecified atom stereocenters. The lowest BCUT2D eigenvalue weighted by atomic mass is 9.91. The number of para-hydroxylation sites is 1. The molecule has 2 aliphatic heterocycles. The second-order valence-electron chi connectivity index (χ2n) is 5.99. The maximum atomic E-state index is 9.86. The fraction of sp³-hybridized carbons (Fsp3) is 0.235. The van der Waals surface area contributed by atoms with E-state index in [1.165, 1.54) is 11.3 Å². The summed E-state index contributed by atoms with van der Waals surface area (Å²) in [4.78, 5) is 2.23. The summed E-state index contributed by atoms with van der Waals surface area (Å²) in [7, 11) is 0. The van der Waals surface area contributed by atoms with Crippen molar-refractivity contribution in [1.82, 2.24) is 9.99 Å². The fourth-order valence-corrected chi connectivity index (χ4v) is 4.42. The Hall–Kier alpha value is -2.05. The molecular weight excluding hydrogens is 356 g/mol. The topological polar surface area (TPSA) is 52.8 Å². The van der Waals surface area contributed by atoms with Crippen LogP contribution in [0.3, 0.4) is 0 Å². The molecule has 1 atom stereocenters. The van der Waals surface area contributed by atoms with Gasteiger partial charge in [0.25, 0.3) is 0 Å². The monoisotopic (exact) mass is 370 g/mol. The summed E-state index contributed by atoms with van der Waals surface area (Å²) >= 11 is 3.69. The van der Waals surface area contributed by atoms with E-state index in [1.807, 2.05) is 12.1 Å². The van der Waals surface area contributed by atoms with Crippen LogP contribution in [-0.2, 0) is 6.61 Å². The van der Waals surface area contributed by atoms with Gasteiger partial charge in [0.1, 0.15) is 12.5 Å². The number of aliphatic hydroxyl groups excluding tert-OH is 1. The molecule has 5 nitrogen and oxygen atoms in total. The Morgan fingerprint density at radius 2 is 2.30 bits per heavy atom. The molecule has 5 rings (SSSR count). The molecule has 0 amide bonds. The molecule has 3 aliphatic rings. The summed E-state index contributed by atoms with van der Waals surface area (Å²) in [5.41, 5.74) is 8.63. The Kier molecular flexibility index (Phi) is 2.75. The molecule has 2 aromatic rings. The predicted octanol–water partition coefficient (Wildman–Crippen LogP) is 2.93. The smallest absolute Gasteiger partial charge is 0.140 e. The molecule has 0 spiro atoms. The van der Waals surface area contributed by atoms with Crippen molar-refractivity contribution in [3.8, 4) is 5.69 Å². The molecule has 116 valence electrons. The molecule has 1 aromatic carbocycles. The Labute approximate surface area is 142 Å². The zero-order chi connectivity index (χ0) is 15.6. The highest BCUT2D eigenvalue weighted by molar-refractivity contribution is 9.10. The predicted molar refractivity (Wildman–Crippen MR) is 93.7 cm³/mol. The van der Waals surface area contributed by atoms with Gasteiger partial charge in [-0.3, -0.25) is 5.43 Å². The molecule has 0 radical (unpaired) electrons. The number of fused-ring (bicyclic) bond motifs is 5. The number of halogens is 1. The van der Waals surface area contributed by atoms with Gasteiger partial charge in [-0.1, -0.05) is 24.3 Å². The molecule has 3 heterocycles. The largest absolute Gasteiger partial charge is 0.392 e. The van der Waals surface area contributed by atoms with Gasteiger partial charge in [-0.05, 0) is 28.4 Å². The molecule has 1 aromatic heterocycles. The van der Waals surface area contributed by atoms with Gasteiger partial charge in [-0.15, -0.1) is 0 Å². The van der Waals surface area contributed by atoms with E-state index in [0.717, 1.165) is 33.7 Å². The normalized spacial score (nSPS) is 20.3. The van der Waals surface area contributed by atoms with E-state index in [4.69, 9.17) is 0 Å². The molecule has 0 fully saturated rings. The number of aliphatic hydroxyl groups is 1. The minimum atomic E-state index is 0.0159. The minimum Gasteiger partial charge on any atom is -0.392 e. The molecule has 2 N–H and O–H groups in total. The van der Waals surface area contributed by atoms with Gasteiger partial charge in [-0.2, -0.15) is 5.10 Å². The first-order chi connectivity index (χ1) is 11.3. The fourth-order valence-electron chi connectivity index (χ4n) is 3.88. The molecule has 1 aliphatic carbocycles. The second kappa shape index (κ2) is 4.72. The van der Waals surface area contributed by atoms with Crippen LogP contribution >= 0.6 is 15.9 Å². The molecule has 6 heteroatoms. The Morgan fingerprint density at radius 3 is 3.17 bits per heavy atom. The van der Waals surface area contributed by atoms with Gasteiger partial charge in [-0.25, -0.2) is 0 Å². The average Bonchev–Trinajstić information content (AvgIpc) is 3.16. The van der Waals surface area contributed by atoms with E-state index in [1.54, 1.807) is 0 Å². The number of nitrogens with one attached hydrogen (secondary N) is 1. The van der Waals surface area contributed by atoms with Gasteiger partial charge >= 0.3 is 0 Å². The number of hydrazone groups is 1. The van der Waals surface area contributed by atoms with E-state index >= 15 is 0 Å². The van der Waals surface area contributed by atoms with Crippen molar-refractivity contribution < 1.29 is 5.11 Å². The van der Waals surface area contributed by atoms with Crippen LogP contribution in [0.25, 0.3) is 11.8 Å². The number of nitrogens with zero attached hydrogens (tertiary/aromatic N) is 3. The third-order valence-electron chi connectivity index (χ3n) is 4.83. The molecule has 23 heavy (non-hydrogen) atoms. The Morgan fingerprint density at radius 1 is 1.39 bits per heavy atom. The first kappa shape index (κ1) is 13.4. The Bertz CT molecular complexity index is 883.